The maximum absolute atomic E-state index is 13.1. The third-order valence-electron chi connectivity index (χ3n) is 5.64. The molecule has 178 valence electrons. The minimum absolute atomic E-state index is 0.00937. The van der Waals surface area contributed by atoms with Gasteiger partial charge >= 0.3 is 0 Å². The monoisotopic (exact) mass is 474 g/mol. The highest BCUT2D eigenvalue weighted by Crippen LogP contribution is 2.28. The highest BCUT2D eigenvalue weighted by Gasteiger charge is 2.27. The number of ether oxygens (including phenoxy) is 2. The number of carbonyl (C=O) groups excluding carboxylic acids is 1. The molecule has 0 spiro atoms. The first-order valence-electron chi connectivity index (χ1n) is 11.2. The first-order valence-corrected chi connectivity index (χ1v) is 12.6. The Morgan fingerprint density at radius 3 is 2.52 bits per heavy atom. The van der Waals surface area contributed by atoms with Crippen molar-refractivity contribution in [2.45, 2.75) is 23.8 Å². The van der Waals surface area contributed by atoms with E-state index in [0.717, 1.165) is 25.1 Å². The molecule has 0 aliphatic carbocycles. The fourth-order valence-electron chi connectivity index (χ4n) is 3.85. The van der Waals surface area contributed by atoms with Gasteiger partial charge in [-0.3, -0.25) is 4.79 Å². The molecule has 2 aromatic rings. The Hall–Kier alpha value is -2.66. The van der Waals surface area contributed by atoms with Gasteiger partial charge in [0.15, 0.2) is 0 Å². The van der Waals surface area contributed by atoms with Crippen molar-refractivity contribution in [1.82, 2.24) is 4.31 Å². The lowest BCUT2D eigenvalue weighted by Gasteiger charge is -2.26. The zero-order valence-electron chi connectivity index (χ0n) is 18.5. The number of amides is 1. The van der Waals surface area contributed by atoms with E-state index in [9.17, 15) is 13.2 Å². The number of rotatable bonds is 9. The van der Waals surface area contributed by atoms with Crippen LogP contribution in [0.3, 0.4) is 0 Å². The molecule has 2 aliphatic heterocycles. The van der Waals surface area contributed by atoms with E-state index in [2.05, 4.69) is 16.0 Å². The van der Waals surface area contributed by atoms with Crippen LogP contribution in [0, 0.1) is 0 Å². The predicted molar refractivity (Wildman–Crippen MR) is 127 cm³/mol. The van der Waals surface area contributed by atoms with E-state index < -0.39 is 10.0 Å². The van der Waals surface area contributed by atoms with Crippen molar-refractivity contribution in [2.75, 3.05) is 62.0 Å². The van der Waals surface area contributed by atoms with E-state index in [1.165, 1.54) is 4.31 Å². The summed E-state index contributed by atoms with van der Waals surface area (Å²) in [4.78, 5) is 12.6. The summed E-state index contributed by atoms with van der Waals surface area (Å²) in [5.41, 5.74) is 1.97. The van der Waals surface area contributed by atoms with Crippen LogP contribution in [0.5, 0.6) is 0 Å². The van der Waals surface area contributed by atoms with Gasteiger partial charge in [-0.1, -0.05) is 18.2 Å². The second kappa shape index (κ2) is 11.0. The van der Waals surface area contributed by atoms with Crippen molar-refractivity contribution in [1.29, 1.82) is 0 Å². The Balaban J connectivity index is 1.49. The van der Waals surface area contributed by atoms with E-state index >= 15 is 0 Å². The molecule has 1 unspecified atom stereocenters. The molecule has 0 radical (unpaired) electrons. The van der Waals surface area contributed by atoms with Crippen LogP contribution in [0.1, 0.15) is 12.8 Å². The van der Waals surface area contributed by atoms with E-state index in [1.807, 2.05) is 30.3 Å². The molecule has 0 bridgehead atoms. The number of hydrogen-bond acceptors (Lipinski definition) is 7. The Morgan fingerprint density at radius 2 is 1.79 bits per heavy atom. The third-order valence-corrected chi connectivity index (χ3v) is 7.53. The molecule has 2 aromatic carbocycles. The molecule has 3 N–H and O–H groups in total. The van der Waals surface area contributed by atoms with Crippen molar-refractivity contribution < 1.29 is 22.7 Å². The first-order chi connectivity index (χ1) is 16.0. The molecule has 10 heteroatoms. The fraction of sp³-hybridized carbons (Fsp3) is 0.435. The zero-order valence-corrected chi connectivity index (χ0v) is 19.3. The molecular formula is C23H30N4O5S. The Bertz CT molecular complexity index is 1040. The lowest BCUT2D eigenvalue weighted by molar-refractivity contribution is -0.114. The fourth-order valence-corrected chi connectivity index (χ4v) is 5.29. The topological polar surface area (TPSA) is 109 Å². The normalized spacial score (nSPS) is 19.2. The third kappa shape index (κ3) is 6.23. The van der Waals surface area contributed by atoms with Crippen molar-refractivity contribution in [2.24, 2.45) is 0 Å². The van der Waals surface area contributed by atoms with Crippen LogP contribution in [0.25, 0.3) is 0 Å². The average Bonchev–Trinajstić information content (AvgIpc) is 3.36. The van der Waals surface area contributed by atoms with Gasteiger partial charge in [0.05, 0.1) is 42.1 Å². The Labute approximate surface area is 194 Å². The van der Waals surface area contributed by atoms with Gasteiger partial charge in [-0.25, -0.2) is 8.42 Å². The predicted octanol–water partition coefficient (Wildman–Crippen LogP) is 2.35. The molecule has 33 heavy (non-hydrogen) atoms. The number of hydrogen-bond donors (Lipinski definition) is 3. The number of nitrogens with zero attached hydrogens (tertiary/aromatic N) is 1. The van der Waals surface area contributed by atoms with Gasteiger partial charge in [0.25, 0.3) is 0 Å². The van der Waals surface area contributed by atoms with Crippen molar-refractivity contribution in [3.63, 3.8) is 0 Å². The van der Waals surface area contributed by atoms with Crippen LogP contribution < -0.4 is 16.0 Å². The number of nitrogens with one attached hydrogen (secondary N) is 3. The summed E-state index contributed by atoms with van der Waals surface area (Å²) in [6.07, 6.45) is 2.14. The van der Waals surface area contributed by atoms with Crippen molar-refractivity contribution in [3.05, 3.63) is 48.5 Å². The van der Waals surface area contributed by atoms with Crippen molar-refractivity contribution in [3.8, 4) is 0 Å². The van der Waals surface area contributed by atoms with Gasteiger partial charge in [-0.2, -0.15) is 4.31 Å². The standard InChI is InChI=1S/C23H30N4O5S/c28-23(26-18-5-2-1-3-6-18)17-25-22-15-20(33(29,30)27-10-13-31-14-11-27)8-9-21(22)24-16-19-7-4-12-32-19/h1-3,5-6,8-9,15,19,24-25H,4,7,10-14,16-17H2,(H,26,28). The van der Waals surface area contributed by atoms with Crippen molar-refractivity contribution >= 4 is 33.0 Å². The van der Waals surface area contributed by atoms with Crippen LogP contribution in [-0.4, -0.2) is 70.7 Å². The van der Waals surface area contributed by atoms with Gasteiger partial charge in [0, 0.05) is 31.9 Å². The van der Waals surface area contributed by atoms with E-state index in [1.54, 1.807) is 18.2 Å². The molecule has 2 fully saturated rings. The molecule has 9 nitrogen and oxygen atoms in total. The van der Waals surface area contributed by atoms with Crippen LogP contribution in [0.15, 0.2) is 53.4 Å². The average molecular weight is 475 g/mol. The van der Waals surface area contributed by atoms with Crippen LogP contribution in [0.2, 0.25) is 0 Å². The van der Waals surface area contributed by atoms with Crippen LogP contribution in [0.4, 0.5) is 17.1 Å². The minimum atomic E-state index is -3.66. The Morgan fingerprint density at radius 1 is 1.00 bits per heavy atom. The number of benzene rings is 2. The zero-order chi connectivity index (χ0) is 23.1. The summed E-state index contributed by atoms with van der Waals surface area (Å²) in [5, 5.41) is 9.26. The molecule has 0 saturated carbocycles. The minimum Gasteiger partial charge on any atom is -0.381 e. The molecular weight excluding hydrogens is 444 g/mol. The van der Waals surface area contributed by atoms with E-state index in [-0.39, 0.29) is 23.5 Å². The highest BCUT2D eigenvalue weighted by atomic mass is 32.2. The highest BCUT2D eigenvalue weighted by molar-refractivity contribution is 7.89. The maximum atomic E-state index is 13.1. The second-order valence-electron chi connectivity index (χ2n) is 8.01. The summed E-state index contributed by atoms with van der Waals surface area (Å²) >= 11 is 0. The molecule has 2 heterocycles. The molecule has 2 saturated heterocycles. The number of morpholine rings is 1. The first kappa shape index (κ1) is 23.5. The van der Waals surface area contributed by atoms with Gasteiger partial charge < -0.3 is 25.4 Å². The van der Waals surface area contributed by atoms with E-state index in [0.29, 0.717) is 44.2 Å². The number of carbonyl (C=O) groups is 1. The SMILES string of the molecule is O=C(CNc1cc(S(=O)(=O)N2CCOCC2)ccc1NCC1CCCO1)Nc1ccccc1. The lowest BCUT2D eigenvalue weighted by atomic mass is 10.2. The van der Waals surface area contributed by atoms with Crippen LogP contribution in [-0.2, 0) is 24.3 Å². The number of para-hydroxylation sites is 1. The maximum Gasteiger partial charge on any atom is 0.243 e. The number of sulfonamides is 1. The summed E-state index contributed by atoms with van der Waals surface area (Å²) in [6, 6.07) is 14.1. The summed E-state index contributed by atoms with van der Waals surface area (Å²) in [6.45, 7) is 2.77. The summed E-state index contributed by atoms with van der Waals surface area (Å²) < 4.78 is 38.6. The second-order valence-corrected chi connectivity index (χ2v) is 9.95. The molecule has 1 amide bonds. The molecule has 2 aliphatic rings. The van der Waals surface area contributed by atoms with E-state index in [4.69, 9.17) is 9.47 Å². The lowest BCUT2D eigenvalue weighted by Crippen LogP contribution is -2.40. The van der Waals surface area contributed by atoms with Gasteiger partial charge in [0.1, 0.15) is 0 Å². The van der Waals surface area contributed by atoms with Crippen LogP contribution >= 0.6 is 0 Å². The Kier molecular flexibility index (Phi) is 7.81. The summed E-state index contributed by atoms with van der Waals surface area (Å²) in [5.74, 6) is -0.229. The summed E-state index contributed by atoms with van der Waals surface area (Å²) in [7, 11) is -3.66. The van der Waals surface area contributed by atoms with Gasteiger partial charge in [0.2, 0.25) is 15.9 Å². The largest absolute Gasteiger partial charge is 0.381 e. The number of anilines is 3. The molecule has 1 atom stereocenters. The smallest absolute Gasteiger partial charge is 0.243 e. The molecule has 0 aromatic heterocycles. The van der Waals surface area contributed by atoms with Gasteiger partial charge in [-0.15, -0.1) is 0 Å². The quantitative estimate of drug-likeness (QED) is 0.512. The molecule has 4 rings (SSSR count). The van der Waals surface area contributed by atoms with Gasteiger partial charge in [-0.05, 0) is 43.2 Å².